The first-order valence-electron chi connectivity index (χ1n) is 5.41. The second-order valence-electron chi connectivity index (χ2n) is 3.97. The first-order valence-corrected chi connectivity index (χ1v) is 5.79. The van der Waals surface area contributed by atoms with Gasteiger partial charge in [-0.2, -0.15) is 10.4 Å². The lowest BCUT2D eigenvalue weighted by molar-refractivity contribution is 0.0973. The molecule has 0 N–H and O–H groups in total. The Morgan fingerprint density at radius 2 is 2.26 bits per heavy atom. The van der Waals surface area contributed by atoms with Gasteiger partial charge in [-0.25, -0.2) is 4.39 Å². The fourth-order valence-electron chi connectivity index (χ4n) is 1.70. The number of hydrogen-bond acceptors (Lipinski definition) is 3. The van der Waals surface area contributed by atoms with E-state index in [0.29, 0.717) is 0 Å². The molecule has 0 fully saturated rings. The lowest BCUT2D eigenvalue weighted by Gasteiger charge is -2.08. The zero-order chi connectivity index (χ0) is 14.0. The maximum atomic E-state index is 13.0. The van der Waals surface area contributed by atoms with E-state index in [2.05, 4.69) is 5.10 Å². The van der Waals surface area contributed by atoms with Crippen LogP contribution in [0.3, 0.4) is 0 Å². The summed E-state index contributed by atoms with van der Waals surface area (Å²) in [6.45, 7) is 0. The SMILES string of the molecule is Cn1ccc(C(=O)C(C#N)c2ccc(F)cc2Cl)n1. The molecule has 4 nitrogen and oxygen atoms in total. The van der Waals surface area contributed by atoms with Crippen molar-refractivity contribution in [3.05, 3.63) is 52.6 Å². The Balaban J connectivity index is 2.40. The summed E-state index contributed by atoms with van der Waals surface area (Å²) in [7, 11) is 1.67. The van der Waals surface area contributed by atoms with Gasteiger partial charge in [0.25, 0.3) is 0 Å². The predicted molar refractivity (Wildman–Crippen MR) is 67.3 cm³/mol. The average Bonchev–Trinajstić information content (AvgIpc) is 2.79. The van der Waals surface area contributed by atoms with E-state index in [-0.39, 0.29) is 16.3 Å². The van der Waals surface area contributed by atoms with Crippen LogP contribution in [0.1, 0.15) is 22.0 Å². The van der Waals surface area contributed by atoms with E-state index < -0.39 is 17.5 Å². The summed E-state index contributed by atoms with van der Waals surface area (Å²) < 4.78 is 14.4. The third-order valence-electron chi connectivity index (χ3n) is 2.63. The lowest BCUT2D eigenvalue weighted by atomic mass is 9.94. The number of nitrogens with zero attached hydrogens (tertiary/aromatic N) is 3. The molecule has 96 valence electrons. The Hall–Kier alpha value is -2.19. The molecule has 0 aliphatic heterocycles. The van der Waals surface area contributed by atoms with Gasteiger partial charge in [-0.3, -0.25) is 9.48 Å². The van der Waals surface area contributed by atoms with Crippen molar-refractivity contribution < 1.29 is 9.18 Å². The number of benzene rings is 1. The molecule has 2 aromatic rings. The van der Waals surface area contributed by atoms with Crippen LogP contribution < -0.4 is 0 Å². The number of carbonyl (C=O) groups is 1. The number of aromatic nitrogens is 2. The van der Waals surface area contributed by atoms with Crippen LogP contribution >= 0.6 is 11.6 Å². The minimum absolute atomic E-state index is 0.0517. The first kappa shape index (κ1) is 13.2. The fourth-order valence-corrected chi connectivity index (χ4v) is 1.98. The molecule has 0 bridgehead atoms. The maximum Gasteiger partial charge on any atom is 0.204 e. The number of halogens is 2. The number of nitriles is 1. The van der Waals surface area contributed by atoms with Crippen molar-refractivity contribution in [2.75, 3.05) is 0 Å². The summed E-state index contributed by atoms with van der Waals surface area (Å²) in [5.74, 6) is -2.07. The summed E-state index contributed by atoms with van der Waals surface area (Å²) in [4.78, 5) is 12.2. The summed E-state index contributed by atoms with van der Waals surface area (Å²) in [5, 5.41) is 13.2. The smallest absolute Gasteiger partial charge is 0.204 e. The van der Waals surface area contributed by atoms with E-state index >= 15 is 0 Å². The van der Waals surface area contributed by atoms with Crippen molar-refractivity contribution in [2.24, 2.45) is 7.05 Å². The van der Waals surface area contributed by atoms with Crippen molar-refractivity contribution >= 4 is 17.4 Å². The predicted octanol–water partition coefficient (Wildman–Crippen LogP) is 2.70. The van der Waals surface area contributed by atoms with E-state index in [4.69, 9.17) is 16.9 Å². The third-order valence-corrected chi connectivity index (χ3v) is 2.96. The maximum absolute atomic E-state index is 13.0. The van der Waals surface area contributed by atoms with Crippen molar-refractivity contribution in [2.45, 2.75) is 5.92 Å². The molecule has 0 saturated heterocycles. The van der Waals surface area contributed by atoms with Gasteiger partial charge < -0.3 is 0 Å². The molecule has 2 rings (SSSR count). The average molecular weight is 278 g/mol. The zero-order valence-corrected chi connectivity index (χ0v) is 10.7. The molecule has 6 heteroatoms. The molecule has 0 radical (unpaired) electrons. The number of aryl methyl sites for hydroxylation is 1. The van der Waals surface area contributed by atoms with Gasteiger partial charge in [0, 0.05) is 18.3 Å². The van der Waals surface area contributed by atoms with E-state index in [0.717, 1.165) is 12.1 Å². The zero-order valence-electron chi connectivity index (χ0n) is 9.97. The highest BCUT2D eigenvalue weighted by Gasteiger charge is 2.25. The molecule has 0 aliphatic rings. The number of rotatable bonds is 3. The molecular formula is C13H9ClFN3O. The number of ketones is 1. The minimum Gasteiger partial charge on any atom is -0.290 e. The first-order chi connectivity index (χ1) is 9.02. The van der Waals surface area contributed by atoms with Gasteiger partial charge in [0.1, 0.15) is 17.4 Å². The normalized spacial score (nSPS) is 11.9. The second-order valence-corrected chi connectivity index (χ2v) is 4.37. The van der Waals surface area contributed by atoms with Gasteiger partial charge in [-0.05, 0) is 23.8 Å². The van der Waals surface area contributed by atoms with Gasteiger partial charge >= 0.3 is 0 Å². The molecule has 0 spiro atoms. The standard InChI is InChI=1S/C13H9ClFN3O/c1-18-5-4-12(17-18)13(19)10(7-16)9-3-2-8(15)6-11(9)14/h2-6,10H,1H3. The Morgan fingerprint density at radius 1 is 1.53 bits per heavy atom. The fraction of sp³-hybridized carbons (Fsp3) is 0.154. The summed E-state index contributed by atoms with van der Waals surface area (Å²) >= 11 is 5.87. The Morgan fingerprint density at radius 3 is 2.79 bits per heavy atom. The van der Waals surface area contributed by atoms with Gasteiger partial charge in [-0.1, -0.05) is 17.7 Å². The molecule has 19 heavy (non-hydrogen) atoms. The van der Waals surface area contributed by atoms with E-state index in [9.17, 15) is 9.18 Å². The largest absolute Gasteiger partial charge is 0.290 e. The highest BCUT2D eigenvalue weighted by atomic mass is 35.5. The Bertz CT molecular complexity index is 675. The number of carbonyl (C=O) groups excluding carboxylic acids is 1. The molecule has 1 aromatic heterocycles. The van der Waals surface area contributed by atoms with Crippen LogP contribution in [0.25, 0.3) is 0 Å². The van der Waals surface area contributed by atoms with Crippen LogP contribution in [0.2, 0.25) is 5.02 Å². The summed E-state index contributed by atoms with van der Waals surface area (Å²) in [5.41, 5.74) is 0.454. The van der Waals surface area contributed by atoms with Crippen molar-refractivity contribution in [1.82, 2.24) is 9.78 Å². The second kappa shape index (κ2) is 5.21. The van der Waals surface area contributed by atoms with Crippen molar-refractivity contribution in [3.8, 4) is 6.07 Å². The van der Waals surface area contributed by atoms with E-state index in [1.165, 1.54) is 16.8 Å². The Kier molecular flexibility index (Phi) is 3.63. The molecule has 1 atom stereocenters. The van der Waals surface area contributed by atoms with Gasteiger partial charge in [0.05, 0.1) is 6.07 Å². The van der Waals surface area contributed by atoms with E-state index in [1.54, 1.807) is 13.2 Å². The summed E-state index contributed by atoms with van der Waals surface area (Å²) in [6.07, 6.45) is 1.61. The van der Waals surface area contributed by atoms with Gasteiger partial charge in [-0.15, -0.1) is 0 Å². The molecule has 0 aliphatic carbocycles. The number of Topliss-reactive ketones (excluding diaryl/α,β-unsaturated/α-hetero) is 1. The van der Waals surface area contributed by atoms with Crippen molar-refractivity contribution in [1.29, 1.82) is 5.26 Å². The molecule has 0 saturated carbocycles. The van der Waals surface area contributed by atoms with Crippen LogP contribution in [0, 0.1) is 17.1 Å². The Labute approximate surface area is 114 Å². The summed E-state index contributed by atoms with van der Waals surface area (Å²) in [6, 6.07) is 6.98. The molecule has 0 amide bonds. The molecule has 1 unspecified atom stereocenters. The van der Waals surface area contributed by atoms with Crippen LogP contribution in [0.4, 0.5) is 4.39 Å². The molecule has 1 heterocycles. The third kappa shape index (κ3) is 2.64. The van der Waals surface area contributed by atoms with Crippen LogP contribution in [0.15, 0.2) is 30.5 Å². The minimum atomic E-state index is -1.09. The van der Waals surface area contributed by atoms with Gasteiger partial charge in [0.2, 0.25) is 5.78 Å². The molecule has 1 aromatic carbocycles. The quantitative estimate of drug-likeness (QED) is 0.811. The molecular weight excluding hydrogens is 269 g/mol. The highest BCUT2D eigenvalue weighted by molar-refractivity contribution is 6.31. The topological polar surface area (TPSA) is 58.7 Å². The van der Waals surface area contributed by atoms with E-state index in [1.807, 2.05) is 6.07 Å². The highest BCUT2D eigenvalue weighted by Crippen LogP contribution is 2.27. The van der Waals surface area contributed by atoms with Crippen LogP contribution in [-0.2, 0) is 7.05 Å². The van der Waals surface area contributed by atoms with Crippen molar-refractivity contribution in [3.63, 3.8) is 0 Å². The monoisotopic (exact) mass is 277 g/mol. The van der Waals surface area contributed by atoms with Gasteiger partial charge in [0.15, 0.2) is 0 Å². The number of hydrogen-bond donors (Lipinski definition) is 0. The van der Waals surface area contributed by atoms with Crippen LogP contribution in [0.5, 0.6) is 0 Å². The van der Waals surface area contributed by atoms with Crippen LogP contribution in [-0.4, -0.2) is 15.6 Å². The lowest BCUT2D eigenvalue weighted by Crippen LogP contribution is -2.13.